The zero-order valence-electron chi connectivity index (χ0n) is 18.9. The first-order chi connectivity index (χ1) is 15.1. The number of amides is 1. The maximum atomic E-state index is 13.2. The van der Waals surface area contributed by atoms with E-state index < -0.39 is 23.0 Å². The number of rotatable bonds is 6. The van der Waals surface area contributed by atoms with Gasteiger partial charge in [-0.05, 0) is 57.7 Å². The standard InChI is InChI=1S/C24H27N3O4S/c1-15-6-8-16(9-7-15)13-25-22(29)18-12-17-10-11-19(32-5)26-21(17)27(23(18)30)14-20(28)31-24(2,3)4/h6-12H,13-14H2,1-5H3,(H,25,29). The number of thioether (sulfide) groups is 1. The third-order valence-corrected chi connectivity index (χ3v) is 5.29. The number of benzene rings is 1. The molecule has 2 heterocycles. The summed E-state index contributed by atoms with van der Waals surface area (Å²) in [5, 5.41) is 4.08. The summed E-state index contributed by atoms with van der Waals surface area (Å²) < 4.78 is 6.60. The molecule has 0 unspecified atom stereocenters. The van der Waals surface area contributed by atoms with Crippen molar-refractivity contribution in [2.75, 3.05) is 6.26 Å². The molecule has 0 bridgehead atoms. The van der Waals surface area contributed by atoms with E-state index in [9.17, 15) is 14.4 Å². The zero-order valence-corrected chi connectivity index (χ0v) is 19.7. The summed E-state index contributed by atoms with van der Waals surface area (Å²) in [6.07, 6.45) is 1.87. The number of aryl methyl sites for hydroxylation is 1. The van der Waals surface area contributed by atoms with E-state index in [4.69, 9.17) is 4.74 Å². The number of hydrogen-bond acceptors (Lipinski definition) is 6. The molecule has 0 aliphatic rings. The van der Waals surface area contributed by atoms with Crippen LogP contribution >= 0.6 is 11.8 Å². The van der Waals surface area contributed by atoms with Gasteiger partial charge in [-0.2, -0.15) is 0 Å². The van der Waals surface area contributed by atoms with Crippen LogP contribution in [0.4, 0.5) is 0 Å². The number of ether oxygens (including phenoxy) is 1. The second-order valence-corrected chi connectivity index (χ2v) is 9.30. The van der Waals surface area contributed by atoms with E-state index in [-0.39, 0.29) is 18.7 Å². The van der Waals surface area contributed by atoms with Gasteiger partial charge in [-0.15, -0.1) is 11.8 Å². The largest absolute Gasteiger partial charge is 0.459 e. The molecular weight excluding hydrogens is 426 g/mol. The van der Waals surface area contributed by atoms with Gasteiger partial charge in [0.2, 0.25) is 0 Å². The second-order valence-electron chi connectivity index (χ2n) is 8.47. The molecule has 0 radical (unpaired) electrons. The SMILES string of the molecule is CSc1ccc2cc(C(=O)NCc3ccc(C)cc3)c(=O)n(CC(=O)OC(C)(C)C)c2n1. The Balaban J connectivity index is 1.98. The van der Waals surface area contributed by atoms with Gasteiger partial charge >= 0.3 is 5.97 Å². The molecule has 0 fully saturated rings. The average Bonchev–Trinajstić information content (AvgIpc) is 2.73. The zero-order chi connectivity index (χ0) is 23.5. The van der Waals surface area contributed by atoms with Crippen molar-refractivity contribution in [2.24, 2.45) is 0 Å². The van der Waals surface area contributed by atoms with Crippen LogP contribution in [0.1, 0.15) is 42.3 Å². The lowest BCUT2D eigenvalue weighted by molar-refractivity contribution is -0.155. The number of carbonyl (C=O) groups is 2. The summed E-state index contributed by atoms with van der Waals surface area (Å²) in [7, 11) is 0. The van der Waals surface area contributed by atoms with Gasteiger partial charge in [-0.1, -0.05) is 29.8 Å². The van der Waals surface area contributed by atoms with Gasteiger partial charge in [0.1, 0.15) is 23.4 Å². The maximum absolute atomic E-state index is 13.2. The van der Waals surface area contributed by atoms with Crippen molar-refractivity contribution >= 4 is 34.7 Å². The van der Waals surface area contributed by atoms with Gasteiger partial charge in [0, 0.05) is 11.9 Å². The first-order valence-corrected chi connectivity index (χ1v) is 11.4. The highest BCUT2D eigenvalue weighted by atomic mass is 32.2. The summed E-state index contributed by atoms with van der Waals surface area (Å²) in [5.41, 5.74) is 1.05. The lowest BCUT2D eigenvalue weighted by Gasteiger charge is -2.20. The van der Waals surface area contributed by atoms with E-state index in [1.807, 2.05) is 43.5 Å². The van der Waals surface area contributed by atoms with Crippen LogP contribution in [-0.4, -0.2) is 33.3 Å². The Labute approximate surface area is 191 Å². The third kappa shape index (κ3) is 5.76. The molecule has 0 saturated heterocycles. The van der Waals surface area contributed by atoms with Crippen LogP contribution in [0.25, 0.3) is 11.0 Å². The Hall–Kier alpha value is -3.13. The molecule has 3 aromatic rings. The van der Waals surface area contributed by atoms with Crippen LogP contribution in [0, 0.1) is 6.92 Å². The van der Waals surface area contributed by atoms with E-state index in [0.717, 1.165) is 11.1 Å². The lowest BCUT2D eigenvalue weighted by atomic mass is 10.1. The molecule has 1 aromatic carbocycles. The summed E-state index contributed by atoms with van der Waals surface area (Å²) in [4.78, 5) is 43.1. The minimum atomic E-state index is -0.697. The monoisotopic (exact) mass is 453 g/mol. The van der Waals surface area contributed by atoms with Crippen molar-refractivity contribution in [3.8, 4) is 0 Å². The fourth-order valence-corrected chi connectivity index (χ4v) is 3.52. The van der Waals surface area contributed by atoms with Crippen molar-refractivity contribution in [1.82, 2.24) is 14.9 Å². The summed E-state index contributed by atoms with van der Waals surface area (Å²) >= 11 is 1.42. The Morgan fingerprint density at radius 1 is 1.12 bits per heavy atom. The lowest BCUT2D eigenvalue weighted by Crippen LogP contribution is -2.36. The summed E-state index contributed by atoms with van der Waals surface area (Å²) in [6.45, 7) is 7.20. The molecular formula is C24H27N3O4S. The number of hydrogen-bond donors (Lipinski definition) is 1. The normalized spacial score (nSPS) is 11.4. The van der Waals surface area contributed by atoms with Gasteiger partial charge in [-0.25, -0.2) is 4.98 Å². The minimum absolute atomic E-state index is 0.0492. The predicted molar refractivity (Wildman–Crippen MR) is 126 cm³/mol. The summed E-state index contributed by atoms with van der Waals surface area (Å²) in [5.74, 6) is -1.08. The van der Waals surface area contributed by atoms with Crippen molar-refractivity contribution in [3.05, 3.63) is 69.5 Å². The van der Waals surface area contributed by atoms with Crippen LogP contribution in [0.3, 0.4) is 0 Å². The van der Waals surface area contributed by atoms with E-state index >= 15 is 0 Å². The van der Waals surface area contributed by atoms with Gasteiger partial charge in [0.15, 0.2) is 0 Å². The van der Waals surface area contributed by atoms with E-state index in [2.05, 4.69) is 10.3 Å². The number of carbonyl (C=O) groups excluding carboxylic acids is 2. The highest BCUT2D eigenvalue weighted by molar-refractivity contribution is 7.98. The van der Waals surface area contributed by atoms with Crippen LogP contribution < -0.4 is 10.9 Å². The number of nitrogens with one attached hydrogen (secondary N) is 1. The Kier molecular flexibility index (Phi) is 7.03. The molecule has 0 saturated carbocycles. The van der Waals surface area contributed by atoms with Crippen LogP contribution in [-0.2, 0) is 22.6 Å². The Morgan fingerprint density at radius 2 is 1.81 bits per heavy atom. The quantitative estimate of drug-likeness (QED) is 0.452. The smallest absolute Gasteiger partial charge is 0.326 e. The number of nitrogens with zero attached hydrogens (tertiary/aromatic N) is 2. The Morgan fingerprint density at radius 3 is 2.44 bits per heavy atom. The first kappa shape index (κ1) is 23.5. The van der Waals surface area contributed by atoms with Gasteiger partial charge in [0.25, 0.3) is 11.5 Å². The predicted octanol–water partition coefficient (Wildman–Crippen LogP) is 3.70. The Bertz CT molecular complexity index is 1210. The molecule has 32 heavy (non-hydrogen) atoms. The fraction of sp³-hybridized carbons (Fsp3) is 0.333. The highest BCUT2D eigenvalue weighted by Gasteiger charge is 2.21. The summed E-state index contributed by atoms with van der Waals surface area (Å²) in [6, 6.07) is 12.9. The van der Waals surface area contributed by atoms with E-state index in [1.165, 1.54) is 22.4 Å². The minimum Gasteiger partial charge on any atom is -0.459 e. The van der Waals surface area contributed by atoms with Gasteiger partial charge in [0.05, 0.1) is 5.03 Å². The number of aromatic nitrogens is 2. The molecule has 3 rings (SSSR count). The molecule has 0 aliphatic heterocycles. The van der Waals surface area contributed by atoms with E-state index in [1.54, 1.807) is 26.8 Å². The molecule has 7 nitrogen and oxygen atoms in total. The molecule has 1 N–H and O–H groups in total. The number of pyridine rings is 2. The van der Waals surface area contributed by atoms with Crippen molar-refractivity contribution in [1.29, 1.82) is 0 Å². The van der Waals surface area contributed by atoms with Crippen LogP contribution in [0.5, 0.6) is 0 Å². The first-order valence-electron chi connectivity index (χ1n) is 10.2. The number of fused-ring (bicyclic) bond motifs is 1. The molecule has 2 aromatic heterocycles. The molecule has 0 aliphatic carbocycles. The van der Waals surface area contributed by atoms with E-state index in [0.29, 0.717) is 16.1 Å². The number of esters is 1. The van der Waals surface area contributed by atoms with Gasteiger partial charge in [-0.3, -0.25) is 19.0 Å². The fourth-order valence-electron chi connectivity index (χ4n) is 3.14. The van der Waals surface area contributed by atoms with Crippen LogP contribution in [0.15, 0.2) is 52.3 Å². The van der Waals surface area contributed by atoms with Crippen molar-refractivity contribution < 1.29 is 14.3 Å². The topological polar surface area (TPSA) is 90.3 Å². The maximum Gasteiger partial charge on any atom is 0.326 e. The average molecular weight is 454 g/mol. The van der Waals surface area contributed by atoms with Crippen LogP contribution in [0.2, 0.25) is 0 Å². The van der Waals surface area contributed by atoms with Gasteiger partial charge < -0.3 is 10.1 Å². The highest BCUT2D eigenvalue weighted by Crippen LogP contribution is 2.19. The van der Waals surface area contributed by atoms with Crippen molar-refractivity contribution in [3.63, 3.8) is 0 Å². The van der Waals surface area contributed by atoms with Crippen molar-refractivity contribution in [2.45, 2.75) is 51.4 Å². The molecule has 168 valence electrons. The second kappa shape index (κ2) is 9.56. The third-order valence-electron chi connectivity index (χ3n) is 4.65. The molecule has 8 heteroatoms. The molecule has 1 amide bonds. The molecule has 0 spiro atoms. The molecule has 0 atom stereocenters.